The molecule has 104 valence electrons. The largest absolute Gasteiger partial charge is 0.478 e. The van der Waals surface area contributed by atoms with Gasteiger partial charge in [-0.25, -0.2) is 9.59 Å². The van der Waals surface area contributed by atoms with Crippen LogP contribution >= 0.6 is 11.8 Å². The molecular weight excluding hydrogens is 264 g/mol. The monoisotopic (exact) mass is 282 g/mol. The first-order chi connectivity index (χ1) is 8.84. The third-order valence-electron chi connectivity index (χ3n) is 2.62. The Bertz CT molecular complexity index is 457. The van der Waals surface area contributed by atoms with Gasteiger partial charge in [-0.15, -0.1) is 0 Å². The van der Waals surface area contributed by atoms with Crippen molar-refractivity contribution in [2.24, 2.45) is 0 Å². The van der Waals surface area contributed by atoms with Gasteiger partial charge in [0.25, 0.3) is 0 Å². The van der Waals surface area contributed by atoms with E-state index in [4.69, 9.17) is 5.11 Å². The summed E-state index contributed by atoms with van der Waals surface area (Å²) in [6.45, 7) is 4.63. The second-order valence-corrected chi connectivity index (χ2v) is 6.17. The van der Waals surface area contributed by atoms with Crippen LogP contribution in [-0.2, 0) is 0 Å². The number of hydrogen-bond donors (Lipinski definition) is 3. The highest BCUT2D eigenvalue weighted by Gasteiger charge is 2.16. The highest BCUT2D eigenvalue weighted by Crippen LogP contribution is 2.19. The van der Waals surface area contributed by atoms with Crippen LogP contribution in [0.5, 0.6) is 0 Å². The average Bonchev–Trinajstić information content (AvgIpc) is 2.37. The molecule has 0 heterocycles. The second-order valence-electron chi connectivity index (χ2n) is 4.65. The average molecular weight is 282 g/mol. The molecule has 0 spiro atoms. The molecule has 0 saturated heterocycles. The fraction of sp³-hybridized carbons (Fsp3) is 0.385. The molecule has 0 aliphatic carbocycles. The quantitative estimate of drug-likeness (QED) is 0.775. The summed E-state index contributed by atoms with van der Waals surface area (Å²) in [5.74, 6) is -0.988. The Morgan fingerprint density at radius 1 is 1.26 bits per heavy atom. The number of hydrogen-bond acceptors (Lipinski definition) is 3. The Morgan fingerprint density at radius 3 is 2.32 bits per heavy atom. The van der Waals surface area contributed by atoms with Crippen molar-refractivity contribution in [1.29, 1.82) is 0 Å². The number of amides is 2. The number of carboxylic acid groups (broad SMARTS) is 1. The molecule has 1 rings (SSSR count). The standard InChI is InChI=1S/C13H18N2O3S/c1-13(2,19-3)8-14-12(18)15-10-6-4-9(5-7-10)11(16)17/h4-7H,8H2,1-3H3,(H,16,17)(H2,14,15,18). The maximum atomic E-state index is 11.6. The Balaban J connectivity index is 2.51. The zero-order valence-corrected chi connectivity index (χ0v) is 12.0. The number of rotatable bonds is 5. The predicted molar refractivity (Wildman–Crippen MR) is 78.0 cm³/mol. The third kappa shape index (κ3) is 5.21. The van der Waals surface area contributed by atoms with Crippen LogP contribution in [-0.4, -0.2) is 34.7 Å². The highest BCUT2D eigenvalue weighted by atomic mass is 32.2. The van der Waals surface area contributed by atoms with Gasteiger partial charge in [0.2, 0.25) is 0 Å². The lowest BCUT2D eigenvalue weighted by Gasteiger charge is -2.22. The maximum absolute atomic E-state index is 11.6. The molecule has 0 unspecified atom stereocenters. The van der Waals surface area contributed by atoms with E-state index in [1.807, 2.05) is 20.1 Å². The second kappa shape index (κ2) is 6.47. The number of nitrogens with one attached hydrogen (secondary N) is 2. The summed E-state index contributed by atoms with van der Waals surface area (Å²) >= 11 is 1.67. The molecule has 3 N–H and O–H groups in total. The summed E-state index contributed by atoms with van der Waals surface area (Å²) in [5, 5.41) is 14.2. The summed E-state index contributed by atoms with van der Waals surface area (Å²) in [7, 11) is 0. The molecule has 1 aromatic carbocycles. The molecule has 0 saturated carbocycles. The van der Waals surface area contributed by atoms with Crippen LogP contribution in [0.1, 0.15) is 24.2 Å². The van der Waals surface area contributed by atoms with Crippen molar-refractivity contribution < 1.29 is 14.7 Å². The third-order valence-corrected chi connectivity index (χ3v) is 3.87. The zero-order valence-electron chi connectivity index (χ0n) is 11.2. The fourth-order valence-electron chi connectivity index (χ4n) is 1.24. The molecule has 0 aliphatic rings. The molecule has 19 heavy (non-hydrogen) atoms. The van der Waals surface area contributed by atoms with Crippen LogP contribution in [0.3, 0.4) is 0 Å². The van der Waals surface area contributed by atoms with Crippen molar-refractivity contribution in [2.75, 3.05) is 18.1 Å². The van der Waals surface area contributed by atoms with E-state index in [0.717, 1.165) is 0 Å². The minimum atomic E-state index is -0.988. The number of carbonyl (C=O) groups is 2. The first-order valence-corrected chi connectivity index (χ1v) is 7.00. The van der Waals surface area contributed by atoms with E-state index >= 15 is 0 Å². The predicted octanol–water partition coefficient (Wildman–Crippen LogP) is 2.65. The Morgan fingerprint density at radius 2 is 1.84 bits per heavy atom. The number of carbonyl (C=O) groups excluding carboxylic acids is 1. The van der Waals surface area contributed by atoms with Crippen molar-refractivity contribution >= 4 is 29.4 Å². The molecule has 0 aromatic heterocycles. The van der Waals surface area contributed by atoms with Crippen molar-refractivity contribution in [2.45, 2.75) is 18.6 Å². The lowest BCUT2D eigenvalue weighted by Crippen LogP contribution is -2.38. The normalized spacial score (nSPS) is 10.9. The van der Waals surface area contributed by atoms with E-state index in [0.29, 0.717) is 12.2 Å². The molecule has 0 fully saturated rings. The number of aromatic carboxylic acids is 1. The van der Waals surface area contributed by atoms with Crippen molar-refractivity contribution in [1.82, 2.24) is 5.32 Å². The summed E-state index contributed by atoms with van der Waals surface area (Å²) in [6, 6.07) is 5.71. The molecule has 6 heteroatoms. The summed E-state index contributed by atoms with van der Waals surface area (Å²) in [6.07, 6.45) is 1.99. The molecule has 2 amide bonds. The Labute approximate surface area is 116 Å². The molecule has 0 radical (unpaired) electrons. The van der Waals surface area contributed by atoms with Crippen LogP contribution in [0.4, 0.5) is 10.5 Å². The van der Waals surface area contributed by atoms with Crippen molar-refractivity contribution in [3.63, 3.8) is 0 Å². The molecular formula is C13H18N2O3S. The minimum absolute atomic E-state index is 0.0233. The molecule has 0 atom stereocenters. The maximum Gasteiger partial charge on any atom is 0.335 e. The Kier molecular flexibility index (Phi) is 5.23. The van der Waals surface area contributed by atoms with Gasteiger partial charge < -0.3 is 15.7 Å². The molecule has 1 aromatic rings. The summed E-state index contributed by atoms with van der Waals surface area (Å²) in [4.78, 5) is 22.3. The first kappa shape index (κ1) is 15.4. The number of anilines is 1. The van der Waals surface area contributed by atoms with E-state index in [9.17, 15) is 9.59 Å². The molecule has 0 aliphatic heterocycles. The lowest BCUT2D eigenvalue weighted by atomic mass is 10.2. The van der Waals surface area contributed by atoms with Crippen molar-refractivity contribution in [3.8, 4) is 0 Å². The first-order valence-electron chi connectivity index (χ1n) is 5.77. The van der Waals surface area contributed by atoms with E-state index in [1.54, 1.807) is 23.9 Å². The van der Waals surface area contributed by atoms with E-state index in [1.165, 1.54) is 12.1 Å². The topological polar surface area (TPSA) is 78.4 Å². The van der Waals surface area contributed by atoms with Gasteiger partial charge in [0.1, 0.15) is 0 Å². The van der Waals surface area contributed by atoms with Crippen LogP contribution in [0, 0.1) is 0 Å². The number of carboxylic acids is 1. The van der Waals surface area contributed by atoms with Crippen molar-refractivity contribution in [3.05, 3.63) is 29.8 Å². The smallest absolute Gasteiger partial charge is 0.335 e. The van der Waals surface area contributed by atoms with E-state index in [2.05, 4.69) is 10.6 Å². The molecule has 0 bridgehead atoms. The minimum Gasteiger partial charge on any atom is -0.478 e. The van der Waals surface area contributed by atoms with Crippen LogP contribution in [0.25, 0.3) is 0 Å². The van der Waals surface area contributed by atoms with E-state index in [-0.39, 0.29) is 16.3 Å². The van der Waals surface area contributed by atoms with Gasteiger partial charge in [0, 0.05) is 17.0 Å². The van der Waals surface area contributed by atoms with Gasteiger partial charge in [-0.05, 0) is 44.4 Å². The fourth-order valence-corrected chi connectivity index (χ4v) is 1.45. The number of benzene rings is 1. The highest BCUT2D eigenvalue weighted by molar-refractivity contribution is 7.99. The number of urea groups is 1. The lowest BCUT2D eigenvalue weighted by molar-refractivity contribution is 0.0697. The van der Waals surface area contributed by atoms with E-state index < -0.39 is 5.97 Å². The van der Waals surface area contributed by atoms with Gasteiger partial charge in [0.05, 0.1) is 5.56 Å². The zero-order chi connectivity index (χ0) is 14.5. The van der Waals surface area contributed by atoms with Gasteiger partial charge in [-0.1, -0.05) is 0 Å². The summed E-state index contributed by atoms with van der Waals surface area (Å²) in [5.41, 5.74) is 0.749. The summed E-state index contributed by atoms with van der Waals surface area (Å²) < 4.78 is -0.0233. The van der Waals surface area contributed by atoms with Crippen LogP contribution < -0.4 is 10.6 Å². The Hall–Kier alpha value is -1.69. The van der Waals surface area contributed by atoms with Gasteiger partial charge in [-0.3, -0.25) is 0 Å². The molecule has 5 nitrogen and oxygen atoms in total. The van der Waals surface area contributed by atoms with Gasteiger partial charge >= 0.3 is 12.0 Å². The van der Waals surface area contributed by atoms with Gasteiger partial charge in [-0.2, -0.15) is 11.8 Å². The van der Waals surface area contributed by atoms with Crippen LogP contribution in [0.15, 0.2) is 24.3 Å². The van der Waals surface area contributed by atoms with Crippen LogP contribution in [0.2, 0.25) is 0 Å². The SMILES string of the molecule is CSC(C)(C)CNC(=O)Nc1ccc(C(=O)O)cc1. The van der Waals surface area contributed by atoms with Gasteiger partial charge in [0.15, 0.2) is 0 Å². The number of thioether (sulfide) groups is 1.